The largest absolute Gasteiger partial charge is 0.454 e. The molecular formula is C23H17N3O5. The average Bonchev–Trinajstić information content (AvgIpc) is 2.88. The lowest BCUT2D eigenvalue weighted by molar-refractivity contribution is -0.384. The molecule has 0 fully saturated rings. The van der Waals surface area contributed by atoms with Crippen molar-refractivity contribution < 1.29 is 19.2 Å². The van der Waals surface area contributed by atoms with Crippen LogP contribution in [0.1, 0.15) is 21.5 Å². The number of nitrogens with one attached hydrogen (secondary N) is 2. The van der Waals surface area contributed by atoms with Crippen LogP contribution < -0.4 is 15.4 Å². The number of nitro benzene ring substituents is 1. The summed E-state index contributed by atoms with van der Waals surface area (Å²) >= 11 is 0. The van der Waals surface area contributed by atoms with Crippen molar-refractivity contribution in [2.24, 2.45) is 0 Å². The summed E-state index contributed by atoms with van der Waals surface area (Å²) in [6.07, 6.45) is 2.85. The molecule has 0 saturated carbocycles. The van der Waals surface area contributed by atoms with Gasteiger partial charge in [0.2, 0.25) is 5.91 Å². The minimum absolute atomic E-state index is 0.0237. The first kappa shape index (κ1) is 19.8. The van der Waals surface area contributed by atoms with E-state index in [-0.39, 0.29) is 11.6 Å². The zero-order valence-corrected chi connectivity index (χ0v) is 16.4. The maximum atomic E-state index is 12.6. The summed E-state index contributed by atoms with van der Waals surface area (Å²) in [5, 5.41) is 16.2. The highest BCUT2D eigenvalue weighted by atomic mass is 16.6. The molecule has 154 valence electrons. The van der Waals surface area contributed by atoms with Gasteiger partial charge in [-0.3, -0.25) is 19.7 Å². The van der Waals surface area contributed by atoms with Gasteiger partial charge in [0.25, 0.3) is 11.6 Å². The smallest absolute Gasteiger partial charge is 0.269 e. The molecule has 8 nitrogen and oxygen atoms in total. The molecule has 2 N–H and O–H groups in total. The van der Waals surface area contributed by atoms with E-state index >= 15 is 0 Å². The summed E-state index contributed by atoms with van der Waals surface area (Å²) in [6, 6.07) is 16.1. The van der Waals surface area contributed by atoms with Gasteiger partial charge in [-0.2, -0.15) is 0 Å². The van der Waals surface area contributed by atoms with Crippen LogP contribution in [0.15, 0.2) is 66.7 Å². The van der Waals surface area contributed by atoms with Gasteiger partial charge in [-0.15, -0.1) is 0 Å². The van der Waals surface area contributed by atoms with E-state index < -0.39 is 10.8 Å². The first-order chi connectivity index (χ1) is 14.9. The van der Waals surface area contributed by atoms with Gasteiger partial charge in [0.05, 0.1) is 16.2 Å². The van der Waals surface area contributed by atoms with Crippen LogP contribution >= 0.6 is 0 Å². The van der Waals surface area contributed by atoms with Gasteiger partial charge in [0, 0.05) is 23.9 Å². The summed E-state index contributed by atoms with van der Waals surface area (Å²) in [5.74, 6) is 0.184. The summed E-state index contributed by atoms with van der Waals surface area (Å²) < 4.78 is 5.86. The topological polar surface area (TPSA) is 111 Å². The Morgan fingerprint density at radius 3 is 2.55 bits per heavy atom. The quantitative estimate of drug-likeness (QED) is 0.357. The number of amides is 2. The Hall–Kier alpha value is -4.46. The second-order valence-corrected chi connectivity index (χ2v) is 6.94. The van der Waals surface area contributed by atoms with Gasteiger partial charge >= 0.3 is 0 Å². The highest BCUT2D eigenvalue weighted by Gasteiger charge is 2.21. The molecule has 0 aromatic heterocycles. The Morgan fingerprint density at radius 1 is 1.06 bits per heavy atom. The fourth-order valence-corrected chi connectivity index (χ4v) is 3.08. The Morgan fingerprint density at radius 2 is 1.81 bits per heavy atom. The van der Waals surface area contributed by atoms with Gasteiger partial charge in [0.15, 0.2) is 5.75 Å². The lowest BCUT2D eigenvalue weighted by Crippen LogP contribution is -2.12. The van der Waals surface area contributed by atoms with Crippen molar-refractivity contribution in [1.29, 1.82) is 0 Å². The second-order valence-electron chi connectivity index (χ2n) is 6.94. The van der Waals surface area contributed by atoms with E-state index in [1.165, 1.54) is 24.3 Å². The fourth-order valence-electron chi connectivity index (χ4n) is 3.08. The predicted octanol–water partition coefficient (Wildman–Crippen LogP) is 4.91. The highest BCUT2D eigenvalue weighted by Crippen LogP contribution is 2.37. The molecule has 8 heteroatoms. The molecule has 31 heavy (non-hydrogen) atoms. The molecule has 0 unspecified atom stereocenters. The third-order valence-electron chi connectivity index (χ3n) is 4.63. The molecular weight excluding hydrogens is 398 g/mol. The predicted molar refractivity (Wildman–Crippen MR) is 116 cm³/mol. The number of carbonyl (C=O) groups excluding carboxylic acids is 2. The van der Waals surface area contributed by atoms with Gasteiger partial charge in [0.1, 0.15) is 5.75 Å². The molecule has 3 aromatic carbocycles. The Balaban J connectivity index is 1.48. The first-order valence-corrected chi connectivity index (χ1v) is 9.36. The fraction of sp³-hybridized carbons (Fsp3) is 0.0435. The number of rotatable bonds is 4. The van der Waals surface area contributed by atoms with Gasteiger partial charge in [-0.1, -0.05) is 6.07 Å². The van der Waals surface area contributed by atoms with E-state index in [9.17, 15) is 19.7 Å². The van der Waals surface area contributed by atoms with E-state index in [4.69, 9.17) is 4.74 Å². The molecule has 4 rings (SSSR count). The summed E-state index contributed by atoms with van der Waals surface area (Å²) in [5.41, 5.74) is 2.91. The lowest BCUT2D eigenvalue weighted by Gasteiger charge is -2.09. The Kier molecular flexibility index (Phi) is 5.19. The van der Waals surface area contributed by atoms with Crippen molar-refractivity contribution in [3.8, 4) is 11.5 Å². The van der Waals surface area contributed by atoms with Crippen molar-refractivity contribution in [2.45, 2.75) is 6.92 Å². The van der Waals surface area contributed by atoms with Crippen molar-refractivity contribution in [2.75, 3.05) is 10.6 Å². The van der Waals surface area contributed by atoms with Crippen LogP contribution in [0, 0.1) is 17.0 Å². The SMILES string of the molecule is Cc1ccc2c(c1)NC(=O)c1cc(NC(=O)/C=C/c3ccc([N+](=O)[O-])cc3)ccc1O2. The van der Waals surface area contributed by atoms with Crippen molar-refractivity contribution in [3.05, 3.63) is 93.5 Å². The van der Waals surface area contributed by atoms with Crippen LogP contribution in [-0.2, 0) is 4.79 Å². The van der Waals surface area contributed by atoms with Crippen LogP contribution in [0.2, 0.25) is 0 Å². The number of aryl methyl sites for hydroxylation is 1. The second kappa shape index (κ2) is 8.11. The number of benzene rings is 3. The van der Waals surface area contributed by atoms with Crippen LogP contribution in [0.4, 0.5) is 17.1 Å². The molecule has 0 aliphatic carbocycles. The zero-order chi connectivity index (χ0) is 22.0. The van der Waals surface area contributed by atoms with Gasteiger partial charge in [-0.25, -0.2) is 0 Å². The number of carbonyl (C=O) groups is 2. The van der Waals surface area contributed by atoms with Crippen LogP contribution in [0.25, 0.3) is 6.08 Å². The standard InChI is InChI=1S/C23H17N3O5/c1-14-2-9-21-19(12-14)25-23(28)18-13-16(6-10-20(18)31-21)24-22(27)11-5-15-3-7-17(8-4-15)26(29)30/h2-13H,1H3,(H,24,27)(H,25,28)/b11-5+. The van der Waals surface area contributed by atoms with E-state index in [0.29, 0.717) is 34.0 Å². The number of ether oxygens (including phenoxy) is 1. The number of hydrogen-bond donors (Lipinski definition) is 2. The molecule has 0 saturated heterocycles. The molecule has 1 heterocycles. The molecule has 0 radical (unpaired) electrons. The van der Waals surface area contributed by atoms with E-state index in [1.54, 1.807) is 36.4 Å². The van der Waals surface area contributed by atoms with Crippen molar-refractivity contribution in [3.63, 3.8) is 0 Å². The maximum Gasteiger partial charge on any atom is 0.269 e. The monoisotopic (exact) mass is 415 g/mol. The molecule has 0 bridgehead atoms. The number of anilines is 2. The molecule has 1 aliphatic heterocycles. The van der Waals surface area contributed by atoms with Gasteiger partial charge in [-0.05, 0) is 66.6 Å². The zero-order valence-electron chi connectivity index (χ0n) is 16.4. The third-order valence-corrected chi connectivity index (χ3v) is 4.63. The Bertz CT molecular complexity index is 1230. The number of fused-ring (bicyclic) bond motifs is 2. The van der Waals surface area contributed by atoms with Crippen LogP contribution in [0.3, 0.4) is 0 Å². The molecule has 0 spiro atoms. The minimum Gasteiger partial charge on any atom is -0.454 e. The number of nitro groups is 1. The van der Waals surface area contributed by atoms with Gasteiger partial charge < -0.3 is 15.4 Å². The molecule has 0 atom stereocenters. The van der Waals surface area contributed by atoms with Crippen LogP contribution in [0.5, 0.6) is 11.5 Å². The molecule has 1 aliphatic rings. The molecule has 3 aromatic rings. The number of non-ortho nitro benzene ring substituents is 1. The highest BCUT2D eigenvalue weighted by molar-refractivity contribution is 6.09. The first-order valence-electron chi connectivity index (χ1n) is 9.36. The third kappa shape index (κ3) is 4.43. The van der Waals surface area contributed by atoms with E-state index in [1.807, 2.05) is 19.1 Å². The average molecular weight is 415 g/mol. The lowest BCUT2D eigenvalue weighted by atomic mass is 10.1. The number of hydrogen-bond acceptors (Lipinski definition) is 5. The van der Waals surface area contributed by atoms with Crippen LogP contribution in [-0.4, -0.2) is 16.7 Å². The van der Waals surface area contributed by atoms with E-state index in [0.717, 1.165) is 5.56 Å². The number of nitrogens with zero attached hydrogens (tertiary/aromatic N) is 1. The summed E-state index contributed by atoms with van der Waals surface area (Å²) in [6.45, 7) is 1.92. The maximum absolute atomic E-state index is 12.6. The van der Waals surface area contributed by atoms with E-state index in [2.05, 4.69) is 10.6 Å². The normalized spacial score (nSPS) is 12.2. The van der Waals surface area contributed by atoms with Crippen molar-refractivity contribution in [1.82, 2.24) is 0 Å². The minimum atomic E-state index is -0.488. The summed E-state index contributed by atoms with van der Waals surface area (Å²) in [7, 11) is 0. The summed E-state index contributed by atoms with van der Waals surface area (Å²) in [4.78, 5) is 35.1. The molecule has 2 amide bonds. The Labute approximate surface area is 177 Å². The van der Waals surface area contributed by atoms with Crippen molar-refractivity contribution >= 4 is 35.0 Å².